The van der Waals surface area contributed by atoms with Crippen molar-refractivity contribution in [2.45, 2.75) is 12.5 Å². The average molecular weight is 441 g/mol. The fraction of sp³-hybridized carbons (Fsp3) is 0.185. The summed E-state index contributed by atoms with van der Waals surface area (Å²) in [7, 11) is 3.13. The lowest BCUT2D eigenvalue weighted by atomic mass is 9.97. The third-order valence-electron chi connectivity index (χ3n) is 6.08. The van der Waals surface area contributed by atoms with Crippen LogP contribution in [0.3, 0.4) is 0 Å². The molecular formula is C27H23NO5. The Morgan fingerprint density at radius 3 is 2.36 bits per heavy atom. The lowest BCUT2D eigenvalue weighted by Gasteiger charge is -2.25. The van der Waals surface area contributed by atoms with Gasteiger partial charge in [0.15, 0.2) is 16.9 Å². The van der Waals surface area contributed by atoms with Gasteiger partial charge in [0.05, 0.1) is 31.2 Å². The number of para-hydroxylation sites is 1. The third-order valence-corrected chi connectivity index (χ3v) is 6.08. The number of fused-ring (bicyclic) bond motifs is 2. The van der Waals surface area contributed by atoms with E-state index < -0.39 is 6.04 Å². The summed E-state index contributed by atoms with van der Waals surface area (Å²) in [5.41, 5.74) is 2.44. The molecule has 1 atom stereocenters. The van der Waals surface area contributed by atoms with Gasteiger partial charge in [-0.25, -0.2) is 0 Å². The molecule has 0 aliphatic carbocycles. The number of amides is 1. The minimum absolute atomic E-state index is 0.103. The normalized spacial score (nSPS) is 15.0. The van der Waals surface area contributed by atoms with Crippen molar-refractivity contribution in [2.75, 3.05) is 20.8 Å². The first kappa shape index (κ1) is 20.8. The van der Waals surface area contributed by atoms with Crippen molar-refractivity contribution < 1.29 is 18.7 Å². The van der Waals surface area contributed by atoms with Gasteiger partial charge >= 0.3 is 0 Å². The predicted molar refractivity (Wildman–Crippen MR) is 125 cm³/mol. The highest BCUT2D eigenvalue weighted by Gasteiger charge is 2.42. The number of hydrogen-bond acceptors (Lipinski definition) is 5. The molecule has 4 aromatic rings. The van der Waals surface area contributed by atoms with Crippen LogP contribution < -0.4 is 14.9 Å². The highest BCUT2D eigenvalue weighted by molar-refractivity contribution is 5.99. The van der Waals surface area contributed by atoms with E-state index in [1.165, 1.54) is 0 Å². The van der Waals surface area contributed by atoms with Crippen molar-refractivity contribution >= 4 is 16.9 Å². The first-order valence-electron chi connectivity index (χ1n) is 10.7. The Morgan fingerprint density at radius 1 is 0.879 bits per heavy atom. The molecule has 1 aromatic heterocycles. The molecular weight excluding hydrogens is 418 g/mol. The molecule has 2 heterocycles. The van der Waals surface area contributed by atoms with Crippen LogP contribution in [0, 0.1) is 0 Å². The van der Waals surface area contributed by atoms with E-state index in [-0.39, 0.29) is 17.1 Å². The Bertz CT molecular complexity index is 1390. The standard InChI is InChI=1S/C27H23NO5/c1-31-21-13-12-18(16-22(21)32-2)24-23-25(29)19-10-6-7-11-20(19)33-26(23)27(30)28(24)15-14-17-8-4-3-5-9-17/h3-13,16,24H,14-15H2,1-2H3/t24-/m0/s1. The number of nitrogens with zero attached hydrogens (tertiary/aromatic N) is 1. The van der Waals surface area contributed by atoms with Gasteiger partial charge in [-0.15, -0.1) is 0 Å². The Kier molecular flexibility index (Phi) is 5.34. The van der Waals surface area contributed by atoms with Crippen molar-refractivity contribution in [3.8, 4) is 11.5 Å². The van der Waals surface area contributed by atoms with E-state index in [1.54, 1.807) is 49.5 Å². The lowest BCUT2D eigenvalue weighted by Crippen LogP contribution is -2.31. The molecule has 0 saturated heterocycles. The van der Waals surface area contributed by atoms with Gasteiger partial charge in [0.25, 0.3) is 5.91 Å². The SMILES string of the molecule is COc1ccc([C@H]2c3c(oc4ccccc4c3=O)C(=O)N2CCc2ccccc2)cc1OC. The Morgan fingerprint density at radius 2 is 1.61 bits per heavy atom. The number of hydrogen-bond donors (Lipinski definition) is 0. The van der Waals surface area contributed by atoms with Crippen molar-refractivity contribution in [3.63, 3.8) is 0 Å². The number of benzene rings is 3. The number of methoxy groups -OCH3 is 2. The second-order valence-corrected chi connectivity index (χ2v) is 7.92. The van der Waals surface area contributed by atoms with E-state index in [4.69, 9.17) is 13.9 Å². The van der Waals surface area contributed by atoms with Crippen LogP contribution in [0.1, 0.15) is 33.3 Å². The maximum Gasteiger partial charge on any atom is 0.290 e. The largest absolute Gasteiger partial charge is 0.493 e. The van der Waals surface area contributed by atoms with Crippen LogP contribution >= 0.6 is 0 Å². The zero-order valence-corrected chi connectivity index (χ0v) is 18.4. The van der Waals surface area contributed by atoms with E-state index in [2.05, 4.69) is 0 Å². The topological polar surface area (TPSA) is 69.0 Å². The summed E-state index contributed by atoms with van der Waals surface area (Å²) in [4.78, 5) is 28.8. The van der Waals surface area contributed by atoms with Crippen molar-refractivity contribution in [3.05, 3.63) is 105 Å². The third kappa shape index (κ3) is 3.53. The molecule has 0 spiro atoms. The van der Waals surface area contributed by atoms with Crippen LogP contribution in [0.5, 0.6) is 11.5 Å². The maximum absolute atomic E-state index is 13.6. The van der Waals surface area contributed by atoms with E-state index in [0.29, 0.717) is 41.0 Å². The summed E-state index contributed by atoms with van der Waals surface area (Å²) in [5, 5.41) is 0.458. The summed E-state index contributed by atoms with van der Waals surface area (Å²) >= 11 is 0. The predicted octanol–water partition coefficient (Wildman–Crippen LogP) is 4.60. The first-order chi connectivity index (χ1) is 16.1. The summed E-state index contributed by atoms with van der Waals surface area (Å²) in [6.45, 7) is 0.432. The Balaban J connectivity index is 1.66. The van der Waals surface area contributed by atoms with Crippen LogP contribution in [-0.4, -0.2) is 31.6 Å². The van der Waals surface area contributed by atoms with Gasteiger partial charge in [-0.2, -0.15) is 0 Å². The summed E-state index contributed by atoms with van der Waals surface area (Å²) in [5.74, 6) is 0.923. The maximum atomic E-state index is 13.6. The van der Waals surface area contributed by atoms with Gasteiger partial charge in [0, 0.05) is 6.54 Å². The molecule has 5 rings (SSSR count). The average Bonchev–Trinajstić information content (AvgIpc) is 3.14. The summed E-state index contributed by atoms with van der Waals surface area (Å²) in [6.07, 6.45) is 0.651. The molecule has 0 radical (unpaired) electrons. The Hall–Kier alpha value is -4.06. The molecule has 1 amide bonds. The van der Waals surface area contributed by atoms with Crippen molar-refractivity contribution in [2.24, 2.45) is 0 Å². The monoisotopic (exact) mass is 441 g/mol. The fourth-order valence-corrected chi connectivity index (χ4v) is 4.46. The van der Waals surface area contributed by atoms with Gasteiger partial charge in [-0.05, 0) is 41.8 Å². The molecule has 166 valence electrons. The van der Waals surface area contributed by atoms with Crippen LogP contribution in [0.4, 0.5) is 0 Å². The minimum Gasteiger partial charge on any atom is -0.493 e. The quantitative estimate of drug-likeness (QED) is 0.438. The van der Waals surface area contributed by atoms with Gasteiger partial charge < -0.3 is 18.8 Å². The van der Waals surface area contributed by atoms with Gasteiger partial charge in [0.1, 0.15) is 5.58 Å². The molecule has 6 heteroatoms. The zero-order valence-electron chi connectivity index (χ0n) is 18.4. The van der Waals surface area contributed by atoms with Crippen molar-refractivity contribution in [1.29, 1.82) is 0 Å². The molecule has 0 unspecified atom stereocenters. The van der Waals surface area contributed by atoms with E-state index in [1.807, 2.05) is 42.5 Å². The second-order valence-electron chi connectivity index (χ2n) is 7.92. The molecule has 0 saturated carbocycles. The van der Waals surface area contributed by atoms with Crippen LogP contribution in [0.25, 0.3) is 11.0 Å². The van der Waals surface area contributed by atoms with Gasteiger partial charge in [-0.3, -0.25) is 9.59 Å². The minimum atomic E-state index is -0.586. The molecule has 3 aromatic carbocycles. The number of ether oxygens (including phenoxy) is 2. The van der Waals surface area contributed by atoms with E-state index in [9.17, 15) is 9.59 Å². The van der Waals surface area contributed by atoms with Crippen LogP contribution in [0.15, 0.2) is 82.0 Å². The number of rotatable bonds is 6. The molecule has 1 aliphatic rings. The molecule has 0 fully saturated rings. The smallest absolute Gasteiger partial charge is 0.290 e. The number of carbonyl (C=O) groups excluding carboxylic acids is 1. The van der Waals surface area contributed by atoms with Gasteiger partial charge in [-0.1, -0.05) is 48.5 Å². The van der Waals surface area contributed by atoms with E-state index >= 15 is 0 Å². The molecule has 6 nitrogen and oxygen atoms in total. The molecule has 33 heavy (non-hydrogen) atoms. The second kappa shape index (κ2) is 8.47. The zero-order chi connectivity index (χ0) is 22.9. The van der Waals surface area contributed by atoms with E-state index in [0.717, 1.165) is 11.1 Å². The number of carbonyl (C=O) groups is 1. The van der Waals surface area contributed by atoms with Gasteiger partial charge in [0.2, 0.25) is 5.76 Å². The van der Waals surface area contributed by atoms with Crippen LogP contribution in [0.2, 0.25) is 0 Å². The highest BCUT2D eigenvalue weighted by Crippen LogP contribution is 2.40. The molecule has 0 N–H and O–H groups in total. The molecule has 1 aliphatic heterocycles. The lowest BCUT2D eigenvalue weighted by molar-refractivity contribution is 0.0730. The van der Waals surface area contributed by atoms with Crippen LogP contribution in [-0.2, 0) is 6.42 Å². The fourth-order valence-electron chi connectivity index (χ4n) is 4.46. The Labute approximate surface area is 191 Å². The first-order valence-corrected chi connectivity index (χ1v) is 10.7. The summed E-state index contributed by atoms with van der Waals surface area (Å²) in [6, 6.07) is 21.8. The summed E-state index contributed by atoms with van der Waals surface area (Å²) < 4.78 is 16.8. The molecule has 0 bridgehead atoms. The van der Waals surface area contributed by atoms with Crippen molar-refractivity contribution in [1.82, 2.24) is 4.90 Å². The highest BCUT2D eigenvalue weighted by atomic mass is 16.5.